The number of carbonyl (C=O) groups is 1. The van der Waals surface area contributed by atoms with E-state index in [1.54, 1.807) is 0 Å². The van der Waals surface area contributed by atoms with Crippen molar-refractivity contribution in [3.63, 3.8) is 0 Å². The molecule has 1 aromatic carbocycles. The van der Waals surface area contributed by atoms with Crippen molar-refractivity contribution in [1.29, 1.82) is 0 Å². The normalized spacial score (nSPS) is 18.9. The number of halogens is 1. The van der Waals surface area contributed by atoms with Gasteiger partial charge in [0.15, 0.2) is 0 Å². The highest BCUT2D eigenvalue weighted by atomic mass is 127. The molecule has 1 amide bonds. The monoisotopic (exact) mass is 417 g/mol. The highest BCUT2D eigenvalue weighted by Gasteiger charge is 2.22. The highest BCUT2D eigenvalue weighted by molar-refractivity contribution is 14.1. The van der Waals surface area contributed by atoms with Crippen molar-refractivity contribution in [2.75, 3.05) is 19.6 Å². The fourth-order valence-corrected chi connectivity index (χ4v) is 3.56. The number of likely N-dealkylation sites (tertiary alicyclic amines) is 1. The van der Waals surface area contributed by atoms with E-state index in [0.29, 0.717) is 21.7 Å². The molecule has 1 N–H and O–H groups in total. The molecule has 1 saturated heterocycles. The van der Waals surface area contributed by atoms with Gasteiger partial charge in [-0.1, -0.05) is 13.3 Å². The Morgan fingerprint density at radius 3 is 2.91 bits per heavy atom. The van der Waals surface area contributed by atoms with Gasteiger partial charge in [0.1, 0.15) is 0 Å². The first-order chi connectivity index (χ1) is 10.5. The van der Waals surface area contributed by atoms with Crippen LogP contribution in [0.3, 0.4) is 0 Å². The molecular weight excluding hydrogens is 397 g/mol. The number of hydrogen-bond donors (Lipinski definition) is 1. The Kier molecular flexibility index (Phi) is 6.13. The van der Waals surface area contributed by atoms with E-state index in [9.17, 15) is 14.9 Å². The molecule has 120 valence electrons. The van der Waals surface area contributed by atoms with Crippen molar-refractivity contribution in [3.05, 3.63) is 37.4 Å². The Morgan fingerprint density at radius 2 is 2.27 bits per heavy atom. The van der Waals surface area contributed by atoms with Crippen LogP contribution < -0.4 is 5.32 Å². The fourth-order valence-electron chi connectivity index (χ4n) is 2.81. The van der Waals surface area contributed by atoms with E-state index in [2.05, 4.69) is 17.1 Å². The summed E-state index contributed by atoms with van der Waals surface area (Å²) in [5.74, 6) is -0.166. The average Bonchev–Trinajstić information content (AvgIpc) is 2.52. The summed E-state index contributed by atoms with van der Waals surface area (Å²) in [6.45, 7) is 4.85. The second-order valence-electron chi connectivity index (χ2n) is 5.41. The number of nitrogens with zero attached hydrogens (tertiary/aromatic N) is 2. The molecule has 6 nitrogen and oxygen atoms in total. The van der Waals surface area contributed by atoms with Crippen LogP contribution in [0.5, 0.6) is 0 Å². The van der Waals surface area contributed by atoms with Crippen LogP contribution in [-0.2, 0) is 0 Å². The first-order valence-corrected chi connectivity index (χ1v) is 8.57. The smallest absolute Gasteiger partial charge is 0.270 e. The molecule has 2 rings (SSSR count). The molecule has 22 heavy (non-hydrogen) atoms. The average molecular weight is 417 g/mol. The van der Waals surface area contributed by atoms with E-state index >= 15 is 0 Å². The van der Waals surface area contributed by atoms with Gasteiger partial charge < -0.3 is 5.32 Å². The molecule has 1 atom stereocenters. The molecule has 0 spiro atoms. The minimum Gasteiger partial charge on any atom is -0.350 e. The highest BCUT2D eigenvalue weighted by Crippen LogP contribution is 2.20. The lowest BCUT2D eigenvalue weighted by Gasteiger charge is -2.34. The predicted octanol–water partition coefficient (Wildman–Crippen LogP) is 2.80. The van der Waals surface area contributed by atoms with Gasteiger partial charge in [0.05, 0.1) is 10.5 Å². The number of amides is 1. The van der Waals surface area contributed by atoms with Crippen LogP contribution in [0.1, 0.15) is 36.5 Å². The lowest BCUT2D eigenvalue weighted by molar-refractivity contribution is -0.384. The fraction of sp³-hybridized carbons (Fsp3) is 0.533. The van der Waals surface area contributed by atoms with E-state index in [1.807, 2.05) is 22.6 Å². The second-order valence-corrected chi connectivity index (χ2v) is 6.57. The summed E-state index contributed by atoms with van der Waals surface area (Å²) < 4.78 is 0.597. The zero-order valence-electron chi connectivity index (χ0n) is 12.5. The van der Waals surface area contributed by atoms with Gasteiger partial charge in [-0.3, -0.25) is 19.8 Å². The van der Waals surface area contributed by atoms with Gasteiger partial charge in [0, 0.05) is 28.3 Å². The topological polar surface area (TPSA) is 75.5 Å². The van der Waals surface area contributed by atoms with Gasteiger partial charge in [-0.25, -0.2) is 0 Å². The van der Waals surface area contributed by atoms with E-state index in [-0.39, 0.29) is 11.6 Å². The van der Waals surface area contributed by atoms with Crippen LogP contribution in [0, 0.1) is 13.7 Å². The molecule has 1 aliphatic heterocycles. The van der Waals surface area contributed by atoms with E-state index in [0.717, 1.165) is 19.5 Å². The van der Waals surface area contributed by atoms with Gasteiger partial charge in [-0.05, 0) is 54.6 Å². The summed E-state index contributed by atoms with van der Waals surface area (Å²) in [5, 5.41) is 13.7. The largest absolute Gasteiger partial charge is 0.350 e. The number of benzene rings is 1. The number of non-ortho nitro benzene ring substituents is 1. The lowest BCUT2D eigenvalue weighted by atomic mass is 10.0. The summed E-state index contributed by atoms with van der Waals surface area (Å²) in [6.07, 6.45) is 3.52. The summed E-state index contributed by atoms with van der Waals surface area (Å²) in [5.41, 5.74) is 0.496. The molecular formula is C15H20IN3O3. The molecule has 1 heterocycles. The van der Waals surface area contributed by atoms with Crippen molar-refractivity contribution in [1.82, 2.24) is 10.2 Å². The van der Waals surface area contributed by atoms with Crippen LogP contribution in [0.25, 0.3) is 0 Å². The van der Waals surface area contributed by atoms with Crippen LogP contribution in [0.15, 0.2) is 18.2 Å². The van der Waals surface area contributed by atoms with Crippen LogP contribution in [0.2, 0.25) is 0 Å². The summed E-state index contributed by atoms with van der Waals surface area (Å²) >= 11 is 1.96. The van der Waals surface area contributed by atoms with Crippen molar-refractivity contribution in [3.8, 4) is 0 Å². The van der Waals surface area contributed by atoms with Crippen LogP contribution in [-0.4, -0.2) is 41.4 Å². The van der Waals surface area contributed by atoms with E-state index in [4.69, 9.17) is 0 Å². The Hall–Kier alpha value is -1.22. The molecule has 1 aromatic rings. The maximum atomic E-state index is 12.3. The number of nitro groups is 1. The van der Waals surface area contributed by atoms with Crippen molar-refractivity contribution >= 4 is 34.2 Å². The van der Waals surface area contributed by atoms with E-state index < -0.39 is 4.92 Å². The maximum absolute atomic E-state index is 12.3. The third-order valence-corrected chi connectivity index (χ3v) is 4.95. The number of rotatable bonds is 5. The minimum absolute atomic E-state index is 0.00499. The summed E-state index contributed by atoms with van der Waals surface area (Å²) in [4.78, 5) is 25.0. The number of nitrogens with one attached hydrogen (secondary N) is 1. The van der Waals surface area contributed by atoms with Crippen molar-refractivity contribution in [2.45, 2.75) is 32.2 Å². The molecule has 0 radical (unpaired) electrons. The van der Waals surface area contributed by atoms with Crippen molar-refractivity contribution < 1.29 is 9.72 Å². The first kappa shape index (κ1) is 17.1. The minimum atomic E-state index is -0.453. The quantitative estimate of drug-likeness (QED) is 0.454. The van der Waals surface area contributed by atoms with Crippen molar-refractivity contribution in [2.24, 2.45) is 0 Å². The Balaban J connectivity index is 1.98. The second kappa shape index (κ2) is 7.87. The third-order valence-electron chi connectivity index (χ3n) is 4.06. The predicted molar refractivity (Wildman–Crippen MR) is 93.0 cm³/mol. The van der Waals surface area contributed by atoms with Gasteiger partial charge in [0.2, 0.25) is 0 Å². The number of piperidine rings is 1. The Morgan fingerprint density at radius 1 is 1.50 bits per heavy atom. The first-order valence-electron chi connectivity index (χ1n) is 7.49. The Bertz CT molecular complexity index is 565. The molecule has 1 fully saturated rings. The maximum Gasteiger partial charge on any atom is 0.270 e. The molecule has 1 unspecified atom stereocenters. The summed E-state index contributed by atoms with van der Waals surface area (Å²) in [7, 11) is 0. The number of likely N-dealkylation sites (N-methyl/N-ethyl adjacent to an activating group) is 1. The lowest BCUT2D eigenvalue weighted by Crippen LogP contribution is -2.46. The number of carbonyl (C=O) groups excluding carboxylic acids is 1. The van der Waals surface area contributed by atoms with Gasteiger partial charge in [-0.15, -0.1) is 0 Å². The summed E-state index contributed by atoms with van der Waals surface area (Å²) in [6, 6.07) is 4.71. The van der Waals surface area contributed by atoms with Crippen LogP contribution >= 0.6 is 22.6 Å². The number of hydrogen-bond acceptors (Lipinski definition) is 4. The van der Waals surface area contributed by atoms with Gasteiger partial charge in [0.25, 0.3) is 11.6 Å². The molecule has 0 saturated carbocycles. The van der Waals surface area contributed by atoms with Gasteiger partial charge >= 0.3 is 0 Å². The molecule has 0 bridgehead atoms. The molecule has 7 heteroatoms. The Labute approximate surface area is 143 Å². The number of nitro benzene ring substituents is 1. The van der Waals surface area contributed by atoms with Gasteiger partial charge in [-0.2, -0.15) is 0 Å². The van der Waals surface area contributed by atoms with E-state index in [1.165, 1.54) is 31.0 Å². The standard InChI is InChI=1S/C15H20IN3O3/c1-2-18-8-4-3-5-12(18)10-17-15(20)13-7-6-11(19(21)22)9-14(13)16/h6-7,9,12H,2-5,8,10H2,1H3,(H,17,20). The molecule has 0 aromatic heterocycles. The molecule has 0 aliphatic carbocycles. The zero-order valence-corrected chi connectivity index (χ0v) is 14.7. The molecule has 1 aliphatic rings. The zero-order chi connectivity index (χ0) is 16.1. The van der Waals surface area contributed by atoms with Crippen LogP contribution in [0.4, 0.5) is 5.69 Å². The third kappa shape index (κ3) is 4.16. The SMILES string of the molecule is CCN1CCCCC1CNC(=O)c1ccc([N+](=O)[O-])cc1I.